The Labute approximate surface area is 219 Å². The Balaban J connectivity index is 1.33. The lowest BCUT2D eigenvalue weighted by atomic mass is 9.76. The van der Waals surface area contributed by atoms with Crippen molar-refractivity contribution in [3.05, 3.63) is 83.7 Å². The second kappa shape index (κ2) is 11.8. The van der Waals surface area contributed by atoms with Gasteiger partial charge < -0.3 is 24.1 Å². The van der Waals surface area contributed by atoms with E-state index in [1.54, 1.807) is 7.11 Å². The summed E-state index contributed by atoms with van der Waals surface area (Å²) >= 11 is 0. The van der Waals surface area contributed by atoms with Gasteiger partial charge in [-0.2, -0.15) is 0 Å². The molecule has 7 nitrogen and oxygen atoms in total. The first-order valence-corrected chi connectivity index (χ1v) is 13.2. The highest BCUT2D eigenvalue weighted by molar-refractivity contribution is 5.98. The van der Waals surface area contributed by atoms with Crippen molar-refractivity contribution in [2.75, 3.05) is 40.0 Å². The second-order valence-electron chi connectivity index (χ2n) is 9.98. The Kier molecular flexibility index (Phi) is 8.12. The van der Waals surface area contributed by atoms with Gasteiger partial charge in [-0.1, -0.05) is 18.2 Å². The topological polar surface area (TPSA) is 65.0 Å². The van der Waals surface area contributed by atoms with Gasteiger partial charge in [-0.25, -0.2) is 0 Å². The molecule has 0 radical (unpaired) electrons. The third-order valence-corrected chi connectivity index (χ3v) is 7.80. The van der Waals surface area contributed by atoms with Crippen molar-refractivity contribution in [2.24, 2.45) is 5.92 Å². The zero-order valence-corrected chi connectivity index (χ0v) is 21.8. The molecule has 37 heavy (non-hydrogen) atoms. The molecule has 5 rings (SSSR count). The molecule has 1 saturated heterocycles. The lowest BCUT2D eigenvalue weighted by Gasteiger charge is -2.44. The van der Waals surface area contributed by atoms with Crippen LogP contribution in [-0.2, 0) is 17.8 Å². The molecule has 2 aliphatic rings. The summed E-state index contributed by atoms with van der Waals surface area (Å²) in [6, 6.07) is 18.8. The lowest BCUT2D eigenvalue weighted by Crippen LogP contribution is -2.49. The van der Waals surface area contributed by atoms with Gasteiger partial charge >= 0.3 is 0 Å². The molecule has 0 saturated carbocycles. The van der Waals surface area contributed by atoms with Gasteiger partial charge in [0.15, 0.2) is 0 Å². The number of nitrogens with one attached hydrogen (secondary N) is 1. The largest absolute Gasteiger partial charge is 0.493 e. The summed E-state index contributed by atoms with van der Waals surface area (Å²) in [7, 11) is 1.68. The van der Waals surface area contributed by atoms with Gasteiger partial charge in [-0.3, -0.25) is 9.69 Å². The molecule has 1 aromatic heterocycles. The molecule has 1 amide bonds. The molecule has 3 atom stereocenters. The Morgan fingerprint density at radius 3 is 2.65 bits per heavy atom. The Bertz CT molecular complexity index is 1180. The van der Waals surface area contributed by atoms with Crippen molar-refractivity contribution in [2.45, 2.75) is 38.4 Å². The predicted octanol–water partition coefficient (Wildman–Crippen LogP) is 4.33. The van der Waals surface area contributed by atoms with Gasteiger partial charge in [-0.05, 0) is 73.3 Å². The first kappa shape index (κ1) is 25.4. The number of fused-ring (bicyclic) bond motifs is 1. The minimum absolute atomic E-state index is 0.0224. The SMILES string of the molecule is COCCOc1cccc(C2CCN(CCn3cccc3)[C@H](C)[C@H]2COc2ccc3c(c2)C(=O)NC3)c1. The molecular weight excluding hydrogens is 466 g/mol. The molecule has 1 N–H and O–H groups in total. The van der Waals surface area contributed by atoms with Crippen LogP contribution in [0.5, 0.6) is 11.5 Å². The van der Waals surface area contributed by atoms with Crippen LogP contribution in [0.1, 0.15) is 40.7 Å². The summed E-state index contributed by atoms with van der Waals surface area (Å²) in [4.78, 5) is 14.7. The summed E-state index contributed by atoms with van der Waals surface area (Å²) in [5, 5.41) is 2.89. The number of amides is 1. The molecule has 1 fully saturated rings. The number of rotatable bonds is 11. The van der Waals surface area contributed by atoms with Crippen LogP contribution in [-0.4, -0.2) is 61.4 Å². The second-order valence-corrected chi connectivity index (χ2v) is 9.98. The molecule has 0 aliphatic carbocycles. The zero-order chi connectivity index (χ0) is 25.6. The summed E-state index contributed by atoms with van der Waals surface area (Å²) < 4.78 is 19.7. The van der Waals surface area contributed by atoms with Crippen LogP contribution in [0.15, 0.2) is 67.0 Å². The smallest absolute Gasteiger partial charge is 0.252 e. The van der Waals surface area contributed by atoms with E-state index < -0.39 is 0 Å². The molecular formula is C30H37N3O4. The highest BCUT2D eigenvalue weighted by atomic mass is 16.5. The van der Waals surface area contributed by atoms with Crippen molar-refractivity contribution in [1.82, 2.24) is 14.8 Å². The molecule has 3 heterocycles. The number of carbonyl (C=O) groups excluding carboxylic acids is 1. The van der Waals surface area contributed by atoms with Gasteiger partial charge in [0.2, 0.25) is 0 Å². The van der Waals surface area contributed by atoms with E-state index in [0.29, 0.717) is 38.3 Å². The lowest BCUT2D eigenvalue weighted by molar-refractivity contribution is 0.0538. The number of piperidine rings is 1. The van der Waals surface area contributed by atoms with Gasteiger partial charge in [0.1, 0.15) is 18.1 Å². The summed E-state index contributed by atoms with van der Waals surface area (Å²) in [6.45, 7) is 7.61. The maximum atomic E-state index is 12.2. The van der Waals surface area contributed by atoms with E-state index in [1.165, 1.54) is 5.56 Å². The number of benzene rings is 2. The van der Waals surface area contributed by atoms with Crippen LogP contribution in [0.2, 0.25) is 0 Å². The number of carbonyl (C=O) groups is 1. The molecule has 0 spiro atoms. The van der Waals surface area contributed by atoms with Crippen LogP contribution in [0.4, 0.5) is 0 Å². The van der Waals surface area contributed by atoms with Crippen molar-refractivity contribution in [3.63, 3.8) is 0 Å². The average Bonchev–Trinajstić information content (AvgIpc) is 3.57. The minimum atomic E-state index is -0.0224. The highest BCUT2D eigenvalue weighted by Gasteiger charge is 2.37. The summed E-state index contributed by atoms with van der Waals surface area (Å²) in [6.07, 6.45) is 5.30. The van der Waals surface area contributed by atoms with E-state index >= 15 is 0 Å². The van der Waals surface area contributed by atoms with E-state index in [2.05, 4.69) is 64.4 Å². The number of ether oxygens (including phenoxy) is 3. The standard InChI is InChI=1S/C30H37N3O4/c1-22-29(21-37-26-9-8-24-20-31-30(34)28(24)19-26)27(10-13-33(22)15-14-32-11-3-4-12-32)23-6-5-7-25(18-23)36-17-16-35-2/h3-9,11-12,18-19,22,27,29H,10,13-17,20-21H2,1-2H3,(H,31,34)/t22-,27?,29-/m1/s1. The molecule has 1 unspecified atom stereocenters. The fourth-order valence-corrected chi connectivity index (χ4v) is 5.63. The quantitative estimate of drug-likeness (QED) is 0.395. The normalized spacial score (nSPS) is 21.5. The predicted molar refractivity (Wildman–Crippen MR) is 143 cm³/mol. The van der Waals surface area contributed by atoms with Gasteiger partial charge in [-0.15, -0.1) is 0 Å². The van der Waals surface area contributed by atoms with Crippen LogP contribution < -0.4 is 14.8 Å². The molecule has 2 aliphatic heterocycles. The van der Waals surface area contributed by atoms with E-state index in [-0.39, 0.29) is 11.8 Å². The number of nitrogens with zero attached hydrogens (tertiary/aromatic N) is 2. The highest BCUT2D eigenvalue weighted by Crippen LogP contribution is 2.38. The van der Waals surface area contributed by atoms with Crippen molar-refractivity contribution >= 4 is 5.91 Å². The molecule has 2 aromatic carbocycles. The van der Waals surface area contributed by atoms with Crippen LogP contribution >= 0.6 is 0 Å². The van der Waals surface area contributed by atoms with E-state index in [4.69, 9.17) is 14.2 Å². The third-order valence-electron chi connectivity index (χ3n) is 7.80. The molecule has 0 bridgehead atoms. The Morgan fingerprint density at radius 2 is 1.81 bits per heavy atom. The van der Waals surface area contributed by atoms with Gasteiger partial charge in [0.05, 0.1) is 13.2 Å². The van der Waals surface area contributed by atoms with Crippen molar-refractivity contribution < 1.29 is 19.0 Å². The first-order valence-electron chi connectivity index (χ1n) is 13.2. The van der Waals surface area contributed by atoms with Crippen molar-refractivity contribution in [1.29, 1.82) is 0 Å². The van der Waals surface area contributed by atoms with Crippen LogP contribution in [0, 0.1) is 5.92 Å². The fraction of sp³-hybridized carbons (Fsp3) is 0.433. The maximum absolute atomic E-state index is 12.2. The monoisotopic (exact) mass is 503 g/mol. The first-order chi connectivity index (χ1) is 18.1. The maximum Gasteiger partial charge on any atom is 0.252 e. The number of aromatic nitrogens is 1. The van der Waals surface area contributed by atoms with E-state index in [9.17, 15) is 4.79 Å². The van der Waals surface area contributed by atoms with Gasteiger partial charge in [0, 0.05) is 56.7 Å². The van der Waals surface area contributed by atoms with Crippen LogP contribution in [0.3, 0.4) is 0 Å². The van der Waals surface area contributed by atoms with Crippen LogP contribution in [0.25, 0.3) is 0 Å². The van der Waals surface area contributed by atoms with Gasteiger partial charge in [0.25, 0.3) is 5.91 Å². The Morgan fingerprint density at radius 1 is 0.973 bits per heavy atom. The number of likely N-dealkylation sites (tertiary alicyclic amines) is 1. The van der Waals surface area contributed by atoms with E-state index in [1.807, 2.05) is 24.3 Å². The summed E-state index contributed by atoms with van der Waals surface area (Å²) in [5.41, 5.74) is 3.04. The zero-order valence-electron chi connectivity index (χ0n) is 21.8. The molecule has 7 heteroatoms. The Hall–Kier alpha value is -3.29. The minimum Gasteiger partial charge on any atom is -0.493 e. The number of methoxy groups -OCH3 is 1. The molecule has 196 valence electrons. The molecule has 3 aromatic rings. The fourth-order valence-electron chi connectivity index (χ4n) is 5.63. The number of hydrogen-bond acceptors (Lipinski definition) is 5. The number of hydrogen-bond donors (Lipinski definition) is 1. The average molecular weight is 504 g/mol. The van der Waals surface area contributed by atoms with E-state index in [0.717, 1.165) is 48.7 Å². The van der Waals surface area contributed by atoms with Crippen molar-refractivity contribution in [3.8, 4) is 11.5 Å². The summed E-state index contributed by atoms with van der Waals surface area (Å²) in [5.74, 6) is 2.24. The third kappa shape index (κ3) is 6.00.